The van der Waals surface area contributed by atoms with Gasteiger partial charge in [0.1, 0.15) is 17.5 Å². The number of ketones is 1. The molecule has 292 valence electrons. The van der Waals surface area contributed by atoms with Gasteiger partial charge in [-0.3, -0.25) is 14.4 Å². The summed E-state index contributed by atoms with van der Waals surface area (Å²) in [6.07, 6.45) is 8.24. The van der Waals surface area contributed by atoms with Crippen molar-refractivity contribution in [3.05, 3.63) is 11.1 Å². The van der Waals surface area contributed by atoms with Gasteiger partial charge < -0.3 is 19.9 Å². The number of carbonyl (C=O) groups excluding carboxylic acids is 3. The zero-order chi connectivity index (χ0) is 38.8. The van der Waals surface area contributed by atoms with Crippen LogP contribution in [0.1, 0.15) is 161 Å². The van der Waals surface area contributed by atoms with Crippen molar-refractivity contribution in [2.75, 3.05) is 0 Å². The summed E-state index contributed by atoms with van der Waals surface area (Å²) in [4.78, 5) is 53.5. The van der Waals surface area contributed by atoms with Crippen LogP contribution in [0.2, 0.25) is 0 Å². The van der Waals surface area contributed by atoms with E-state index < -0.39 is 40.0 Å². The van der Waals surface area contributed by atoms with Crippen LogP contribution in [0.15, 0.2) is 11.1 Å². The summed E-state index contributed by atoms with van der Waals surface area (Å²) >= 11 is 0. The molecule has 1 amide bonds. The number of Topliss-reactive ketones (excluding diaryl/α,β-unsaturated/α-hetero) is 1. The highest BCUT2D eigenvalue weighted by atomic mass is 16.6. The summed E-state index contributed by atoms with van der Waals surface area (Å²) in [5.41, 5.74) is -0.614. The highest BCUT2D eigenvalue weighted by Gasteiger charge is 2.69. The van der Waals surface area contributed by atoms with E-state index in [-0.39, 0.29) is 51.4 Å². The van der Waals surface area contributed by atoms with Crippen molar-refractivity contribution in [3.63, 3.8) is 0 Å². The van der Waals surface area contributed by atoms with E-state index in [2.05, 4.69) is 53.8 Å². The summed E-state index contributed by atoms with van der Waals surface area (Å²) in [6, 6.07) is 0. The van der Waals surface area contributed by atoms with Gasteiger partial charge in [0, 0.05) is 17.8 Å². The van der Waals surface area contributed by atoms with Gasteiger partial charge in [0.2, 0.25) is 0 Å². The van der Waals surface area contributed by atoms with Crippen LogP contribution < -0.4 is 5.32 Å². The highest BCUT2D eigenvalue weighted by Crippen LogP contribution is 2.75. The van der Waals surface area contributed by atoms with E-state index in [1.165, 1.54) is 11.1 Å². The van der Waals surface area contributed by atoms with E-state index in [4.69, 9.17) is 9.47 Å². The Morgan fingerprint density at radius 1 is 0.846 bits per heavy atom. The second-order valence-corrected chi connectivity index (χ2v) is 21.6. The molecule has 0 aromatic carbocycles. The Morgan fingerprint density at radius 2 is 1.50 bits per heavy atom. The van der Waals surface area contributed by atoms with Gasteiger partial charge in [-0.1, -0.05) is 67.9 Å². The molecular formula is C44H69NO7. The van der Waals surface area contributed by atoms with Gasteiger partial charge in [-0.15, -0.1) is 0 Å². The normalized spacial score (nSPS) is 43.6. The van der Waals surface area contributed by atoms with Crippen LogP contribution in [0.3, 0.4) is 0 Å². The average Bonchev–Trinajstić information content (AvgIpc) is 3.42. The number of ether oxygens (including phenoxy) is 2. The number of nitrogens with one attached hydrogen (secondary N) is 1. The number of aliphatic carboxylic acids is 1. The van der Waals surface area contributed by atoms with Crippen LogP contribution in [-0.2, 0) is 23.9 Å². The lowest BCUT2D eigenvalue weighted by atomic mass is 9.34. The van der Waals surface area contributed by atoms with E-state index in [0.29, 0.717) is 31.1 Å². The number of alkyl carbamates (subject to hydrolysis) is 1. The van der Waals surface area contributed by atoms with Gasteiger partial charge in [-0.05, 0) is 137 Å². The summed E-state index contributed by atoms with van der Waals surface area (Å²) in [7, 11) is 0. The lowest BCUT2D eigenvalue weighted by Gasteiger charge is -2.70. The Morgan fingerprint density at radius 3 is 2.08 bits per heavy atom. The van der Waals surface area contributed by atoms with Gasteiger partial charge >= 0.3 is 18.0 Å². The molecule has 5 fully saturated rings. The first kappa shape index (κ1) is 39.3. The number of amides is 1. The molecule has 8 heteroatoms. The van der Waals surface area contributed by atoms with E-state index in [9.17, 15) is 24.3 Å². The van der Waals surface area contributed by atoms with Crippen molar-refractivity contribution in [1.29, 1.82) is 0 Å². The number of hydrogen-bond acceptors (Lipinski definition) is 6. The maximum Gasteiger partial charge on any atom is 0.408 e. The fraction of sp³-hybridized carbons (Fsp3) is 0.864. The molecule has 0 aliphatic heterocycles. The molecule has 0 spiro atoms. The number of rotatable bonds is 5. The van der Waals surface area contributed by atoms with Gasteiger partial charge in [0.15, 0.2) is 0 Å². The van der Waals surface area contributed by atoms with Crippen molar-refractivity contribution >= 4 is 23.8 Å². The molecule has 0 radical (unpaired) electrons. The fourth-order valence-corrected chi connectivity index (χ4v) is 13.8. The maximum absolute atomic E-state index is 13.9. The van der Waals surface area contributed by atoms with Crippen LogP contribution >= 0.6 is 0 Å². The number of fused-ring (bicyclic) bond motifs is 6. The molecule has 2 N–H and O–H groups in total. The Kier molecular flexibility index (Phi) is 9.12. The molecule has 10 atom stereocenters. The average molecular weight is 724 g/mol. The van der Waals surface area contributed by atoms with E-state index >= 15 is 0 Å². The quantitative estimate of drug-likeness (QED) is 0.214. The highest BCUT2D eigenvalue weighted by molar-refractivity contribution is 5.92. The Hall–Kier alpha value is -2.38. The fourth-order valence-electron chi connectivity index (χ4n) is 13.8. The molecule has 0 bridgehead atoms. The zero-order valence-corrected chi connectivity index (χ0v) is 34.6. The first-order chi connectivity index (χ1) is 23.7. The third-order valence-electron chi connectivity index (χ3n) is 17.3. The third-order valence-corrected chi connectivity index (χ3v) is 17.3. The smallest absolute Gasteiger partial charge is 0.408 e. The molecule has 52 heavy (non-hydrogen) atoms. The molecule has 0 saturated heterocycles. The molecule has 8 nitrogen and oxygen atoms in total. The Bertz CT molecular complexity index is 1570. The van der Waals surface area contributed by atoms with Crippen LogP contribution in [-0.4, -0.2) is 46.2 Å². The second kappa shape index (κ2) is 12.1. The first-order valence-electron chi connectivity index (χ1n) is 20.4. The standard InChI is InChI=1S/C44H69NO7/c1-25(2)32-28(46)24-44(45-36(50)52-37(3,4)5)23-22-41(11)26(33(32)44)14-15-30-40(10)19-18-31(38(6,7)29(40)17-21-42(30,41)12)51-34(47)27-16-20-43(13,35(48)49)39(27,8)9/h25,27,29-32H,14-24H2,1-13H3,(H,45,50)(H,48,49)/t27-,29+,30-,31+,32?,40+,41-,42-,43+,44-/m1/s1. The van der Waals surface area contributed by atoms with Crippen LogP contribution in [0.4, 0.5) is 4.79 Å². The SMILES string of the molecule is CC(C)C1C(=O)C[C@]2(NC(=O)OC(C)(C)C)CC[C@]3(C)C(=C12)CC[C@@H]1[C@@]2(C)CC[C@H](OC(=O)[C@H]4CC[C@@](C)(C(=O)O)C4(C)C)C(C)(C)[C@@H]2CC[C@]13C. The molecule has 6 rings (SSSR count). The number of carboxylic acids is 1. The predicted octanol–water partition coefficient (Wildman–Crippen LogP) is 9.68. The minimum Gasteiger partial charge on any atom is -0.481 e. The van der Waals surface area contributed by atoms with Crippen molar-refractivity contribution in [3.8, 4) is 0 Å². The van der Waals surface area contributed by atoms with E-state index in [0.717, 1.165) is 51.4 Å². The molecular weight excluding hydrogens is 654 g/mol. The van der Waals surface area contributed by atoms with Gasteiger partial charge in [-0.25, -0.2) is 4.79 Å². The van der Waals surface area contributed by atoms with E-state index in [1.54, 1.807) is 6.92 Å². The summed E-state index contributed by atoms with van der Waals surface area (Å²) < 4.78 is 12.3. The summed E-state index contributed by atoms with van der Waals surface area (Å²) in [5.74, 6) is -0.472. The Labute approximate surface area is 313 Å². The lowest BCUT2D eigenvalue weighted by molar-refractivity contribution is -0.216. The number of carbonyl (C=O) groups is 4. The first-order valence-corrected chi connectivity index (χ1v) is 20.4. The molecule has 0 heterocycles. The lowest BCUT2D eigenvalue weighted by Crippen LogP contribution is -2.65. The third kappa shape index (κ3) is 5.39. The molecule has 6 aliphatic rings. The topological polar surface area (TPSA) is 119 Å². The van der Waals surface area contributed by atoms with Crippen molar-refractivity contribution in [1.82, 2.24) is 5.32 Å². The maximum atomic E-state index is 13.9. The largest absolute Gasteiger partial charge is 0.481 e. The minimum atomic E-state index is -0.956. The molecule has 0 aromatic heterocycles. The number of hydrogen-bond donors (Lipinski definition) is 2. The van der Waals surface area contributed by atoms with E-state index in [1.807, 2.05) is 34.6 Å². The number of allylic oxidation sites excluding steroid dienone is 1. The van der Waals surface area contributed by atoms with Crippen LogP contribution in [0, 0.1) is 62.1 Å². The summed E-state index contributed by atoms with van der Waals surface area (Å²) in [6.45, 7) is 27.7. The number of carboxylic acid groups (broad SMARTS) is 1. The van der Waals surface area contributed by atoms with Crippen LogP contribution in [0.25, 0.3) is 0 Å². The molecule has 6 aliphatic carbocycles. The van der Waals surface area contributed by atoms with Gasteiger partial charge in [-0.2, -0.15) is 0 Å². The zero-order valence-electron chi connectivity index (χ0n) is 34.6. The van der Waals surface area contributed by atoms with Crippen molar-refractivity contribution in [2.45, 2.75) is 178 Å². The van der Waals surface area contributed by atoms with Gasteiger partial charge in [0.25, 0.3) is 0 Å². The summed E-state index contributed by atoms with van der Waals surface area (Å²) in [5, 5.41) is 13.4. The molecule has 5 saturated carbocycles. The number of esters is 1. The van der Waals surface area contributed by atoms with Crippen LogP contribution in [0.5, 0.6) is 0 Å². The predicted molar refractivity (Wildman–Crippen MR) is 201 cm³/mol. The van der Waals surface area contributed by atoms with Gasteiger partial charge in [0.05, 0.1) is 16.9 Å². The molecule has 1 unspecified atom stereocenters. The second-order valence-electron chi connectivity index (χ2n) is 21.6. The van der Waals surface area contributed by atoms with Crippen molar-refractivity contribution in [2.24, 2.45) is 62.1 Å². The Balaban J connectivity index is 1.30. The minimum absolute atomic E-state index is 0.0127. The molecule has 0 aromatic rings. The monoisotopic (exact) mass is 724 g/mol. The van der Waals surface area contributed by atoms with Crippen molar-refractivity contribution < 1.29 is 33.8 Å².